The summed E-state index contributed by atoms with van der Waals surface area (Å²) in [6.07, 6.45) is 45.8. The quantitative estimate of drug-likeness (QED) is 0.0222. The van der Waals surface area contributed by atoms with Gasteiger partial charge in [0, 0.05) is 25.7 Å². The molecule has 0 aromatic heterocycles. The van der Waals surface area contributed by atoms with Crippen molar-refractivity contribution in [2.75, 3.05) is 39.6 Å². The first-order valence-corrected chi connectivity index (χ1v) is 37.3. The number of ether oxygens (including phenoxy) is 4. The van der Waals surface area contributed by atoms with E-state index in [1.54, 1.807) is 0 Å². The summed E-state index contributed by atoms with van der Waals surface area (Å²) in [7, 11) is -9.88. The van der Waals surface area contributed by atoms with Crippen LogP contribution >= 0.6 is 15.6 Å². The van der Waals surface area contributed by atoms with E-state index in [4.69, 9.17) is 37.0 Å². The Morgan fingerprint density at radius 1 is 0.286 bits per heavy atom. The molecular formula is C65H126O17P2. The van der Waals surface area contributed by atoms with Crippen molar-refractivity contribution in [3.8, 4) is 0 Å². The van der Waals surface area contributed by atoms with Crippen molar-refractivity contribution in [2.45, 2.75) is 354 Å². The standard InChI is InChI=1S/C65H126O17P2/c1-5-9-13-17-21-25-27-28-29-30-31-33-36-40-44-48-52-65(70)82-61(56-76-63(68)50-46-42-38-35-32-26-22-18-14-10-6-2)58-80-84(73,74)78-54-59(66)53-77-83(71,72)79-57-60(55-75-62(67)49-45-41-37-24-20-16-12-8-4)81-64(69)51-47-43-39-34-23-19-15-11-7-3/h59-61,66H,5-58H2,1-4H3,(H,71,72)(H,73,74)/t59-,60+,61+/m0/s1. The van der Waals surface area contributed by atoms with Crippen LogP contribution < -0.4 is 0 Å². The second-order valence-electron chi connectivity index (χ2n) is 23.5. The second-order valence-corrected chi connectivity index (χ2v) is 26.4. The van der Waals surface area contributed by atoms with Crippen molar-refractivity contribution in [3.63, 3.8) is 0 Å². The van der Waals surface area contributed by atoms with Gasteiger partial charge in [0.1, 0.15) is 19.3 Å². The Balaban J connectivity index is 5.19. The fourth-order valence-corrected chi connectivity index (χ4v) is 11.4. The molecule has 19 heteroatoms. The molecule has 84 heavy (non-hydrogen) atoms. The number of phosphoric acid groups is 2. The van der Waals surface area contributed by atoms with Gasteiger partial charge < -0.3 is 33.8 Å². The highest BCUT2D eigenvalue weighted by molar-refractivity contribution is 7.47. The summed E-state index contributed by atoms with van der Waals surface area (Å²) in [4.78, 5) is 72.1. The van der Waals surface area contributed by atoms with Gasteiger partial charge in [0.15, 0.2) is 12.2 Å². The van der Waals surface area contributed by atoms with Crippen LogP contribution in [0.3, 0.4) is 0 Å². The minimum absolute atomic E-state index is 0.106. The highest BCUT2D eigenvalue weighted by atomic mass is 31.2. The molecule has 0 amide bonds. The van der Waals surface area contributed by atoms with Crippen molar-refractivity contribution in [3.05, 3.63) is 0 Å². The molecule has 5 atom stereocenters. The molecule has 0 aliphatic carbocycles. The zero-order valence-corrected chi connectivity index (χ0v) is 55.7. The molecule has 0 bridgehead atoms. The van der Waals surface area contributed by atoms with Crippen molar-refractivity contribution in [2.24, 2.45) is 0 Å². The third-order valence-corrected chi connectivity index (χ3v) is 17.0. The number of esters is 4. The van der Waals surface area contributed by atoms with E-state index < -0.39 is 97.5 Å². The molecule has 0 aliphatic rings. The second kappa shape index (κ2) is 60.0. The number of hydrogen-bond acceptors (Lipinski definition) is 15. The number of aliphatic hydroxyl groups is 1. The van der Waals surface area contributed by atoms with Gasteiger partial charge in [-0.25, -0.2) is 9.13 Å². The van der Waals surface area contributed by atoms with Gasteiger partial charge in [0.05, 0.1) is 26.4 Å². The number of carbonyl (C=O) groups is 4. The fourth-order valence-electron chi connectivity index (χ4n) is 9.81. The topological polar surface area (TPSA) is 237 Å². The predicted octanol–water partition coefficient (Wildman–Crippen LogP) is 18.3. The average Bonchev–Trinajstić information content (AvgIpc) is 3.61. The molecule has 0 aromatic carbocycles. The van der Waals surface area contributed by atoms with E-state index in [0.29, 0.717) is 25.7 Å². The van der Waals surface area contributed by atoms with Gasteiger partial charge >= 0.3 is 39.5 Å². The lowest BCUT2D eigenvalue weighted by Gasteiger charge is -2.21. The average molecular weight is 1240 g/mol. The molecular weight excluding hydrogens is 1110 g/mol. The molecule has 3 N–H and O–H groups in total. The molecule has 0 fully saturated rings. The number of phosphoric ester groups is 2. The molecule has 0 saturated carbocycles. The maximum absolute atomic E-state index is 13.0. The van der Waals surface area contributed by atoms with Gasteiger partial charge in [0.25, 0.3) is 0 Å². The highest BCUT2D eigenvalue weighted by Crippen LogP contribution is 2.45. The van der Waals surface area contributed by atoms with E-state index in [2.05, 4.69) is 27.7 Å². The lowest BCUT2D eigenvalue weighted by atomic mass is 10.0. The van der Waals surface area contributed by atoms with Crippen LogP contribution in [0.25, 0.3) is 0 Å². The summed E-state index contributed by atoms with van der Waals surface area (Å²) in [6, 6.07) is 0. The SMILES string of the molecule is CCCCCCCCCCCCCCCCCCC(=O)O[C@H](COC(=O)CCCCCCCCCCCCC)COP(=O)(O)OC[C@@H](O)COP(=O)(O)OC[C@@H](COC(=O)CCCCCCCCCC)OC(=O)CCCCCCCCCCC. The van der Waals surface area contributed by atoms with Crippen LogP contribution in [0.4, 0.5) is 0 Å². The van der Waals surface area contributed by atoms with E-state index >= 15 is 0 Å². The van der Waals surface area contributed by atoms with Crippen molar-refractivity contribution in [1.82, 2.24) is 0 Å². The van der Waals surface area contributed by atoms with E-state index in [1.165, 1.54) is 161 Å². The van der Waals surface area contributed by atoms with Crippen LogP contribution in [-0.4, -0.2) is 96.7 Å². The molecule has 0 aromatic rings. The van der Waals surface area contributed by atoms with Crippen LogP contribution in [-0.2, 0) is 65.4 Å². The van der Waals surface area contributed by atoms with Crippen molar-refractivity contribution in [1.29, 1.82) is 0 Å². The van der Waals surface area contributed by atoms with Crippen LogP contribution in [0.5, 0.6) is 0 Å². The van der Waals surface area contributed by atoms with Crippen molar-refractivity contribution < 1.29 is 80.2 Å². The van der Waals surface area contributed by atoms with Crippen LogP contribution in [0, 0.1) is 0 Å². The maximum atomic E-state index is 13.0. The van der Waals surface area contributed by atoms with Gasteiger partial charge in [0.2, 0.25) is 0 Å². The Morgan fingerprint density at radius 3 is 0.702 bits per heavy atom. The minimum atomic E-state index is -4.94. The normalized spacial score (nSPS) is 14.1. The Hall–Kier alpha value is -1.94. The van der Waals surface area contributed by atoms with Gasteiger partial charge in [-0.3, -0.25) is 37.3 Å². The molecule has 17 nitrogen and oxygen atoms in total. The first-order chi connectivity index (χ1) is 40.7. The monoisotopic (exact) mass is 1240 g/mol. The fraction of sp³-hybridized carbons (Fsp3) is 0.938. The summed E-state index contributed by atoms with van der Waals surface area (Å²) in [5.41, 5.74) is 0. The number of hydrogen-bond donors (Lipinski definition) is 3. The van der Waals surface area contributed by atoms with E-state index in [-0.39, 0.29) is 25.7 Å². The molecule has 0 saturated heterocycles. The molecule has 0 radical (unpaired) electrons. The van der Waals surface area contributed by atoms with E-state index in [1.807, 2.05) is 0 Å². The summed E-state index contributed by atoms with van der Waals surface area (Å²) in [6.45, 7) is 4.86. The Morgan fingerprint density at radius 2 is 0.476 bits per heavy atom. The van der Waals surface area contributed by atoms with E-state index in [9.17, 15) is 43.2 Å². The predicted molar refractivity (Wildman–Crippen MR) is 335 cm³/mol. The molecule has 0 spiro atoms. The third-order valence-electron chi connectivity index (χ3n) is 15.1. The maximum Gasteiger partial charge on any atom is 0.472 e. The number of carbonyl (C=O) groups excluding carboxylic acids is 4. The Kier molecular flexibility index (Phi) is 58.6. The van der Waals surface area contributed by atoms with Crippen LogP contribution in [0.15, 0.2) is 0 Å². The highest BCUT2D eigenvalue weighted by Gasteiger charge is 2.30. The Labute approximate surface area is 511 Å². The van der Waals surface area contributed by atoms with Gasteiger partial charge in [-0.15, -0.1) is 0 Å². The summed E-state index contributed by atoms with van der Waals surface area (Å²) >= 11 is 0. The van der Waals surface area contributed by atoms with Gasteiger partial charge in [-0.2, -0.15) is 0 Å². The zero-order valence-electron chi connectivity index (χ0n) is 53.9. The molecule has 2 unspecified atom stereocenters. The first-order valence-electron chi connectivity index (χ1n) is 34.3. The number of rotatable bonds is 66. The third kappa shape index (κ3) is 59.0. The van der Waals surface area contributed by atoms with Crippen LogP contribution in [0.1, 0.15) is 336 Å². The molecule has 0 rings (SSSR count). The van der Waals surface area contributed by atoms with E-state index in [0.717, 1.165) is 96.3 Å². The minimum Gasteiger partial charge on any atom is -0.462 e. The zero-order chi connectivity index (χ0) is 61.9. The Bertz CT molecular complexity index is 1620. The molecule has 0 aliphatic heterocycles. The lowest BCUT2D eigenvalue weighted by molar-refractivity contribution is -0.161. The number of unbranched alkanes of at least 4 members (excludes halogenated alkanes) is 40. The summed E-state index contributed by atoms with van der Waals surface area (Å²) < 4.78 is 68.0. The van der Waals surface area contributed by atoms with Crippen molar-refractivity contribution >= 4 is 39.5 Å². The summed E-state index contributed by atoms with van der Waals surface area (Å²) in [5, 5.41) is 10.5. The van der Waals surface area contributed by atoms with Crippen LogP contribution in [0.2, 0.25) is 0 Å². The lowest BCUT2D eigenvalue weighted by Crippen LogP contribution is -2.30. The smallest absolute Gasteiger partial charge is 0.462 e. The van der Waals surface area contributed by atoms with Gasteiger partial charge in [-0.05, 0) is 25.7 Å². The number of aliphatic hydroxyl groups excluding tert-OH is 1. The largest absolute Gasteiger partial charge is 0.472 e. The van der Waals surface area contributed by atoms with Gasteiger partial charge in [-0.1, -0.05) is 285 Å². The first kappa shape index (κ1) is 82.1. The molecule has 0 heterocycles. The molecule has 498 valence electrons. The summed E-state index contributed by atoms with van der Waals surface area (Å²) in [5.74, 6) is -2.13.